The van der Waals surface area contributed by atoms with Crippen LogP contribution in [0.25, 0.3) is 0 Å². The maximum atomic E-state index is 14.7. The van der Waals surface area contributed by atoms with Crippen molar-refractivity contribution in [2.75, 3.05) is 60.6 Å². The Kier molecular flexibility index (Phi) is 9.17. The molecule has 47 heavy (non-hydrogen) atoms. The number of hydrogen-bond donors (Lipinski definition) is 2. The first-order valence-electron chi connectivity index (χ1n) is 16.1. The molecule has 4 fully saturated rings. The first-order chi connectivity index (χ1) is 22.9. The highest BCUT2D eigenvalue weighted by atomic mass is 35.5. The Bertz CT molecular complexity index is 1640. The summed E-state index contributed by atoms with van der Waals surface area (Å²) in [4.78, 5) is 32.3. The lowest BCUT2D eigenvalue weighted by molar-refractivity contribution is -0.111. The van der Waals surface area contributed by atoms with Gasteiger partial charge in [0.05, 0.1) is 54.6 Å². The number of hydrogen-bond acceptors (Lipinski definition) is 10. The normalized spacial score (nSPS) is 22.9. The van der Waals surface area contributed by atoms with Gasteiger partial charge in [-0.05, 0) is 55.9 Å². The van der Waals surface area contributed by atoms with Gasteiger partial charge in [-0.3, -0.25) is 14.5 Å². The van der Waals surface area contributed by atoms with Crippen molar-refractivity contribution < 1.29 is 23.5 Å². The minimum absolute atomic E-state index is 0.0961. The molecule has 0 spiro atoms. The van der Waals surface area contributed by atoms with Crippen LogP contribution in [0.5, 0.6) is 5.75 Å². The molecule has 3 aromatic rings. The van der Waals surface area contributed by atoms with Crippen LogP contribution in [0.1, 0.15) is 31.2 Å². The number of nitrogens with zero attached hydrogens (tertiary/aromatic N) is 5. The van der Waals surface area contributed by atoms with Crippen molar-refractivity contribution >= 4 is 46.2 Å². The molecule has 248 valence electrons. The monoisotopic (exact) mass is 663 g/mol. The van der Waals surface area contributed by atoms with E-state index in [0.29, 0.717) is 72.0 Å². The summed E-state index contributed by atoms with van der Waals surface area (Å²) < 4.78 is 26.3. The predicted molar refractivity (Wildman–Crippen MR) is 179 cm³/mol. The molecule has 0 radical (unpaired) electrons. The molecular formula is C34H39ClFN7O4. The molecule has 1 aromatic heterocycles. The number of nitrogens with one attached hydrogen (secondary N) is 2. The maximum Gasteiger partial charge on any atom is 0.247 e. The third-order valence-electron chi connectivity index (χ3n) is 9.62. The molecule has 1 amide bonds. The van der Waals surface area contributed by atoms with Crippen molar-refractivity contribution in [3.63, 3.8) is 0 Å². The maximum absolute atomic E-state index is 14.7. The highest BCUT2D eigenvalue weighted by Crippen LogP contribution is 2.41. The van der Waals surface area contributed by atoms with Crippen LogP contribution < -0.4 is 25.3 Å². The Morgan fingerprint density at radius 1 is 1.17 bits per heavy atom. The molecule has 0 unspecified atom stereocenters. The molecule has 0 saturated carbocycles. The number of benzene rings is 2. The largest absolute Gasteiger partial charge is 0.494 e. The van der Waals surface area contributed by atoms with Crippen molar-refractivity contribution in [2.24, 2.45) is 0 Å². The van der Waals surface area contributed by atoms with E-state index in [4.69, 9.17) is 25.9 Å². The number of hydroxylamine groups is 1. The summed E-state index contributed by atoms with van der Waals surface area (Å²) in [5.74, 6) is 0.903. The van der Waals surface area contributed by atoms with Crippen LogP contribution in [0.15, 0.2) is 55.4 Å². The number of rotatable bonds is 10. The van der Waals surface area contributed by atoms with E-state index >= 15 is 0 Å². The van der Waals surface area contributed by atoms with Gasteiger partial charge in [-0.15, -0.1) is 0 Å². The van der Waals surface area contributed by atoms with E-state index in [2.05, 4.69) is 37.0 Å². The fourth-order valence-electron chi connectivity index (χ4n) is 7.28. The Labute approximate surface area is 278 Å². The van der Waals surface area contributed by atoms with E-state index in [0.717, 1.165) is 51.2 Å². The van der Waals surface area contributed by atoms with E-state index < -0.39 is 5.82 Å². The molecule has 11 nitrogen and oxygen atoms in total. The molecule has 2 aromatic carbocycles. The van der Waals surface area contributed by atoms with E-state index in [-0.39, 0.29) is 17.0 Å². The number of methoxy groups -OCH3 is 1. The lowest BCUT2D eigenvalue weighted by Crippen LogP contribution is -2.49. The van der Waals surface area contributed by atoms with Crippen LogP contribution in [-0.2, 0) is 20.8 Å². The highest BCUT2D eigenvalue weighted by molar-refractivity contribution is 6.30. The molecule has 4 aliphatic rings. The number of piperidine rings is 1. The van der Waals surface area contributed by atoms with Gasteiger partial charge in [0, 0.05) is 43.9 Å². The third kappa shape index (κ3) is 6.60. The van der Waals surface area contributed by atoms with Gasteiger partial charge in [-0.2, -0.15) is 0 Å². The Balaban J connectivity index is 1.10. The van der Waals surface area contributed by atoms with Crippen molar-refractivity contribution in [3.8, 4) is 5.75 Å². The summed E-state index contributed by atoms with van der Waals surface area (Å²) >= 11 is 6.02. The van der Waals surface area contributed by atoms with Crippen LogP contribution in [0.3, 0.4) is 0 Å². The first-order valence-corrected chi connectivity index (χ1v) is 16.5. The van der Waals surface area contributed by atoms with Crippen molar-refractivity contribution in [1.82, 2.24) is 14.9 Å². The Morgan fingerprint density at radius 3 is 2.77 bits per heavy atom. The molecule has 3 atom stereocenters. The van der Waals surface area contributed by atoms with Crippen LogP contribution >= 0.6 is 11.6 Å². The highest BCUT2D eigenvalue weighted by Gasteiger charge is 2.42. The van der Waals surface area contributed by atoms with Crippen molar-refractivity contribution in [2.45, 2.75) is 56.3 Å². The Hall–Kier alpha value is -3.97. The van der Waals surface area contributed by atoms with E-state index in [1.54, 1.807) is 30.4 Å². The fourth-order valence-corrected chi connectivity index (χ4v) is 7.47. The van der Waals surface area contributed by atoms with Crippen molar-refractivity contribution in [1.29, 1.82) is 0 Å². The van der Waals surface area contributed by atoms with Crippen LogP contribution in [0, 0.1) is 5.82 Å². The summed E-state index contributed by atoms with van der Waals surface area (Å²) in [7, 11) is 1.62. The minimum atomic E-state index is -0.418. The molecule has 2 bridgehead atoms. The second kappa shape index (κ2) is 13.6. The summed E-state index contributed by atoms with van der Waals surface area (Å²) in [5, 5.41) is 8.13. The molecule has 7 rings (SSSR count). The predicted octanol–water partition coefficient (Wildman–Crippen LogP) is 5.34. The topological polar surface area (TPSA) is 104 Å². The van der Waals surface area contributed by atoms with Crippen LogP contribution in [0.4, 0.5) is 33.1 Å². The lowest BCUT2D eigenvalue weighted by Gasteiger charge is -2.41. The van der Waals surface area contributed by atoms with Gasteiger partial charge < -0.3 is 25.0 Å². The fraction of sp³-hybridized carbons (Fsp3) is 0.441. The number of halogens is 2. The molecule has 2 N–H and O–H groups in total. The van der Waals surface area contributed by atoms with E-state index in [1.165, 1.54) is 18.5 Å². The number of carbonyl (C=O) groups is 1. The van der Waals surface area contributed by atoms with E-state index in [9.17, 15) is 9.18 Å². The van der Waals surface area contributed by atoms with Gasteiger partial charge >= 0.3 is 0 Å². The zero-order valence-electron chi connectivity index (χ0n) is 26.3. The van der Waals surface area contributed by atoms with Gasteiger partial charge in [0.2, 0.25) is 5.91 Å². The van der Waals surface area contributed by atoms with Gasteiger partial charge in [0.15, 0.2) is 5.82 Å². The quantitative estimate of drug-likeness (QED) is 0.276. The molecule has 4 saturated heterocycles. The molecule has 4 aliphatic heterocycles. The van der Waals surface area contributed by atoms with Crippen LogP contribution in [0.2, 0.25) is 5.02 Å². The SMILES string of the molecule is C=CC(=O)Nc1cc(Nc2cc(N3OCC[C@@H]3Cc3cccc(Cl)c3F)ncn2)c(OC)cc1N1CCC(N2C[C@H]3C[C@@H]2CO3)CC1. The first kappa shape index (κ1) is 31.6. The summed E-state index contributed by atoms with van der Waals surface area (Å²) in [6.45, 7) is 7.71. The van der Waals surface area contributed by atoms with Gasteiger partial charge in [0.1, 0.15) is 23.7 Å². The second-order valence-electron chi connectivity index (χ2n) is 12.4. The number of carbonyl (C=O) groups excluding carboxylic acids is 1. The van der Waals surface area contributed by atoms with Gasteiger partial charge in [0.25, 0.3) is 0 Å². The number of morpholine rings is 1. The number of ether oxygens (including phenoxy) is 2. The smallest absolute Gasteiger partial charge is 0.247 e. The van der Waals surface area contributed by atoms with E-state index in [1.807, 2.05) is 12.1 Å². The van der Waals surface area contributed by atoms with Gasteiger partial charge in [-0.25, -0.2) is 19.4 Å². The average Bonchev–Trinajstić information content (AvgIpc) is 3.86. The molecular weight excluding hydrogens is 625 g/mol. The average molecular weight is 664 g/mol. The summed E-state index contributed by atoms with van der Waals surface area (Å²) in [5.41, 5.74) is 2.66. The summed E-state index contributed by atoms with van der Waals surface area (Å²) in [6.07, 6.45) is 7.41. The minimum Gasteiger partial charge on any atom is -0.494 e. The van der Waals surface area contributed by atoms with Crippen molar-refractivity contribution in [3.05, 3.63) is 71.8 Å². The number of fused-ring (bicyclic) bond motifs is 2. The lowest BCUT2D eigenvalue weighted by atomic mass is 10.0. The van der Waals surface area contributed by atoms with Crippen LogP contribution in [-0.4, -0.2) is 85.0 Å². The molecule has 5 heterocycles. The molecule has 13 heteroatoms. The number of anilines is 5. The molecule has 0 aliphatic carbocycles. The third-order valence-corrected chi connectivity index (χ3v) is 9.91. The summed E-state index contributed by atoms with van der Waals surface area (Å²) in [6, 6.07) is 11.5. The zero-order chi connectivity index (χ0) is 32.5. The Morgan fingerprint density at radius 2 is 2.02 bits per heavy atom. The second-order valence-corrected chi connectivity index (χ2v) is 12.8. The zero-order valence-corrected chi connectivity index (χ0v) is 27.1. The van der Waals surface area contributed by atoms with Gasteiger partial charge in [-0.1, -0.05) is 30.3 Å². The number of likely N-dealkylation sites (tertiary alicyclic amines) is 1. The number of amides is 1. The standard InChI is InChI=1S/C34H39ClFN7O4/c1-3-33(44)40-27-15-28(30(45-2)16-29(27)41-10-7-22(8-11-41)42-18-25-14-24(42)19-46-25)39-31-17-32(38-20-37-31)43-23(9-12-47-43)13-21-5-4-6-26(35)34(21)36/h3-6,15-17,20,22-25H,1,7-14,18-19H2,2H3,(H,40,44)(H,37,38,39)/t23-,24-,25-/m1/s1. The number of aromatic nitrogens is 2.